The summed E-state index contributed by atoms with van der Waals surface area (Å²) in [6.45, 7) is 16.4. The van der Waals surface area contributed by atoms with Crippen molar-refractivity contribution < 1.29 is 14.4 Å². The number of hydrogen-bond acceptors (Lipinski definition) is 2. The predicted octanol–water partition coefficient (Wildman–Crippen LogP) is 6.21. The van der Waals surface area contributed by atoms with Gasteiger partial charge in [0.25, 0.3) is 0 Å². The number of aliphatic carboxylic acids is 1. The van der Waals surface area contributed by atoms with E-state index in [1.54, 1.807) is 0 Å². The zero-order valence-electron chi connectivity index (χ0n) is 20.1. The zero-order valence-corrected chi connectivity index (χ0v) is 20.1. The minimum Gasteiger partial charge on any atom is -0.550 e. The van der Waals surface area contributed by atoms with E-state index in [0.29, 0.717) is 0 Å². The number of carboxylic acids is 1. The lowest BCUT2D eigenvalue weighted by Gasteiger charge is -2.34. The maximum Gasteiger partial charge on any atom is 0.0757 e. The molecule has 0 amide bonds. The molecule has 0 unspecified atom stereocenters. The van der Waals surface area contributed by atoms with Gasteiger partial charge in [0.15, 0.2) is 0 Å². The van der Waals surface area contributed by atoms with E-state index in [2.05, 4.69) is 71.1 Å². The van der Waals surface area contributed by atoms with Crippen LogP contribution in [0.3, 0.4) is 0 Å². The first-order valence-electron chi connectivity index (χ1n) is 12.0. The van der Waals surface area contributed by atoms with Gasteiger partial charge in [-0.05, 0) is 72.6 Å². The van der Waals surface area contributed by atoms with Crippen molar-refractivity contribution in [3.63, 3.8) is 0 Å². The lowest BCUT2D eigenvalue weighted by atomic mass is 10.1. The Morgan fingerprint density at radius 2 is 1.10 bits per heavy atom. The monoisotopic (exact) mass is 407 g/mol. The van der Waals surface area contributed by atoms with Crippen molar-refractivity contribution in [1.29, 1.82) is 0 Å². The zero-order chi connectivity index (χ0) is 22.2. The van der Waals surface area contributed by atoms with Gasteiger partial charge >= 0.3 is 0 Å². The van der Waals surface area contributed by atoms with Crippen LogP contribution in [0.2, 0.25) is 0 Å². The van der Waals surface area contributed by atoms with Gasteiger partial charge in [-0.2, -0.15) is 0 Å². The maximum absolute atomic E-state index is 10.2. The molecule has 0 saturated carbocycles. The normalized spacial score (nSPS) is 12.0. The minimum absolute atomic E-state index is 0.208. The molecular formula is C26H49NO2. The van der Waals surface area contributed by atoms with Crippen LogP contribution >= 0.6 is 0 Å². The van der Waals surface area contributed by atoms with E-state index in [-0.39, 0.29) is 6.42 Å². The summed E-state index contributed by atoms with van der Waals surface area (Å²) in [5, 5.41) is 10.2. The number of unbranched alkanes of at least 4 members (excludes halogenated alkanes) is 5. The molecule has 0 aliphatic carbocycles. The van der Waals surface area contributed by atoms with Crippen molar-refractivity contribution in [2.75, 3.05) is 26.2 Å². The second kappa shape index (κ2) is 22.9. The number of carbonyl (C=O) groups is 1. The van der Waals surface area contributed by atoms with E-state index in [4.69, 9.17) is 0 Å². The van der Waals surface area contributed by atoms with E-state index < -0.39 is 5.97 Å². The highest BCUT2D eigenvalue weighted by Crippen LogP contribution is 2.07. The van der Waals surface area contributed by atoms with Gasteiger partial charge in [-0.15, -0.1) is 0 Å². The highest BCUT2D eigenvalue weighted by Gasteiger charge is 2.16. The summed E-state index contributed by atoms with van der Waals surface area (Å²) in [4.78, 5) is 10.2. The molecule has 0 fully saturated rings. The molecule has 0 saturated heterocycles. The van der Waals surface area contributed by atoms with Crippen LogP contribution in [-0.2, 0) is 4.79 Å². The third-order valence-corrected chi connectivity index (χ3v) is 5.72. The Morgan fingerprint density at radius 3 is 1.55 bits per heavy atom. The molecule has 3 nitrogen and oxygen atoms in total. The molecule has 170 valence electrons. The second-order valence-electron chi connectivity index (χ2n) is 7.58. The Labute approximate surface area is 182 Å². The van der Waals surface area contributed by atoms with Crippen LogP contribution in [0.25, 0.3) is 0 Å². The molecule has 0 aromatic carbocycles. The van der Waals surface area contributed by atoms with Crippen LogP contribution < -0.4 is 5.11 Å². The largest absolute Gasteiger partial charge is 0.550 e. The van der Waals surface area contributed by atoms with Gasteiger partial charge < -0.3 is 14.4 Å². The van der Waals surface area contributed by atoms with Crippen molar-refractivity contribution in [3.05, 3.63) is 36.5 Å². The Kier molecular flexibility index (Phi) is 23.6. The molecule has 0 rings (SSSR count). The van der Waals surface area contributed by atoms with Crippen LogP contribution in [0, 0.1) is 0 Å². The number of rotatable bonds is 17. The van der Waals surface area contributed by atoms with Gasteiger partial charge in [0, 0.05) is 5.97 Å². The Bertz CT molecular complexity index is 416. The van der Waals surface area contributed by atoms with Crippen molar-refractivity contribution in [2.45, 2.75) is 98.8 Å². The first-order valence-corrected chi connectivity index (χ1v) is 12.0. The fourth-order valence-corrected chi connectivity index (χ4v) is 3.23. The van der Waals surface area contributed by atoms with Crippen LogP contribution in [0.4, 0.5) is 0 Å². The van der Waals surface area contributed by atoms with Gasteiger partial charge in [-0.1, -0.05) is 62.6 Å². The molecule has 0 bridgehead atoms. The van der Waals surface area contributed by atoms with Crippen LogP contribution in [-0.4, -0.2) is 36.6 Å². The maximum atomic E-state index is 10.2. The van der Waals surface area contributed by atoms with Crippen molar-refractivity contribution in [1.82, 2.24) is 0 Å². The first kappa shape index (κ1) is 29.8. The van der Waals surface area contributed by atoms with Crippen LogP contribution in [0.1, 0.15) is 98.8 Å². The summed E-state index contributed by atoms with van der Waals surface area (Å²) >= 11 is 0. The molecule has 0 aliphatic rings. The smallest absolute Gasteiger partial charge is 0.0757 e. The second-order valence-corrected chi connectivity index (χ2v) is 7.58. The van der Waals surface area contributed by atoms with E-state index in [0.717, 1.165) is 44.9 Å². The van der Waals surface area contributed by atoms with E-state index in [1.165, 1.54) is 43.5 Å². The minimum atomic E-state index is -0.925. The van der Waals surface area contributed by atoms with E-state index in [9.17, 15) is 9.90 Å². The fraction of sp³-hybridized carbons (Fsp3) is 0.731. The molecule has 3 heteroatoms. The molecule has 0 aliphatic heterocycles. The highest BCUT2D eigenvalue weighted by molar-refractivity contribution is 5.64. The topological polar surface area (TPSA) is 40.1 Å². The molecule has 0 N–H and O–H groups in total. The third-order valence-electron chi connectivity index (χ3n) is 5.72. The number of carboxylic acid groups (broad SMARTS) is 1. The standard InChI is InChI=1S/C18H30O2.C8H20N/c1-2-3-4-5-6-7-8-9-10-11-12-13-14-15-16-17-18(19)20;1-5-9(6-2,7-3)8-4/h3-4,6-7,9-10H,2,5,8,11-17H2,1H3,(H,19,20);5-8H2,1-4H3/q;+1/p-1/b4-3-,7-6-,10-9-;. The number of allylic oxidation sites excluding steroid dienone is 6. The summed E-state index contributed by atoms with van der Waals surface area (Å²) in [5.41, 5.74) is 0. The van der Waals surface area contributed by atoms with Gasteiger partial charge in [0.1, 0.15) is 0 Å². The highest BCUT2D eigenvalue weighted by atomic mass is 16.4. The Morgan fingerprint density at radius 1 is 0.655 bits per heavy atom. The van der Waals surface area contributed by atoms with Crippen LogP contribution in [0.5, 0.6) is 0 Å². The summed E-state index contributed by atoms with van der Waals surface area (Å²) in [6.07, 6.45) is 23.0. The molecule has 29 heavy (non-hydrogen) atoms. The van der Waals surface area contributed by atoms with Crippen molar-refractivity contribution >= 4 is 5.97 Å². The van der Waals surface area contributed by atoms with Gasteiger partial charge in [0.2, 0.25) is 0 Å². The molecule has 0 aromatic rings. The number of carbonyl (C=O) groups excluding carboxylic acids is 1. The lowest BCUT2D eigenvalue weighted by Crippen LogP contribution is -2.47. The van der Waals surface area contributed by atoms with E-state index in [1.807, 2.05) is 0 Å². The lowest BCUT2D eigenvalue weighted by molar-refractivity contribution is -0.921. The average molecular weight is 408 g/mol. The van der Waals surface area contributed by atoms with Gasteiger partial charge in [0.05, 0.1) is 26.2 Å². The van der Waals surface area contributed by atoms with Gasteiger partial charge in [-0.3, -0.25) is 0 Å². The molecular weight excluding hydrogens is 358 g/mol. The quantitative estimate of drug-likeness (QED) is 0.163. The summed E-state index contributed by atoms with van der Waals surface area (Å²) in [7, 11) is 0. The first-order chi connectivity index (χ1) is 14.0. The van der Waals surface area contributed by atoms with Crippen molar-refractivity contribution in [3.8, 4) is 0 Å². The molecule has 0 radical (unpaired) electrons. The summed E-state index contributed by atoms with van der Waals surface area (Å²) < 4.78 is 1.28. The molecule has 0 atom stereocenters. The van der Waals surface area contributed by atoms with Gasteiger partial charge in [-0.25, -0.2) is 0 Å². The van der Waals surface area contributed by atoms with Crippen molar-refractivity contribution in [2.24, 2.45) is 0 Å². The SMILES string of the molecule is CC/C=C\C/C=C\C/C=C\CCCCCCCC(=O)[O-].CC[N+](CC)(CC)CC. The summed E-state index contributed by atoms with van der Waals surface area (Å²) in [5.74, 6) is -0.925. The number of quaternary nitrogens is 1. The number of hydrogen-bond donors (Lipinski definition) is 0. The van der Waals surface area contributed by atoms with E-state index >= 15 is 0 Å². The average Bonchev–Trinajstić information content (AvgIpc) is 2.73. The predicted molar refractivity (Wildman–Crippen MR) is 127 cm³/mol. The number of nitrogens with zero attached hydrogens (tertiary/aromatic N) is 1. The molecule has 0 spiro atoms. The molecule has 0 aromatic heterocycles. The Balaban J connectivity index is 0. The third kappa shape index (κ3) is 21.2. The summed E-state index contributed by atoms with van der Waals surface area (Å²) in [6, 6.07) is 0. The molecule has 0 heterocycles. The fourth-order valence-electron chi connectivity index (χ4n) is 3.23. The van der Waals surface area contributed by atoms with Crippen LogP contribution in [0.15, 0.2) is 36.5 Å². The Hall–Kier alpha value is -1.35.